The van der Waals surface area contributed by atoms with E-state index in [0.29, 0.717) is 18.8 Å². The van der Waals surface area contributed by atoms with E-state index < -0.39 is 0 Å². The van der Waals surface area contributed by atoms with Gasteiger partial charge in [-0.05, 0) is 49.9 Å². The van der Waals surface area contributed by atoms with E-state index in [2.05, 4.69) is 0 Å². The lowest BCUT2D eigenvalue weighted by Crippen LogP contribution is -2.10. The second kappa shape index (κ2) is 9.16. The first kappa shape index (κ1) is 17.2. The summed E-state index contributed by atoms with van der Waals surface area (Å²) in [6.07, 6.45) is 2.80. The van der Waals surface area contributed by atoms with Crippen molar-refractivity contribution < 1.29 is 19.1 Å². The molecule has 0 bridgehead atoms. The second-order valence-corrected chi connectivity index (χ2v) is 5.15. The summed E-state index contributed by atoms with van der Waals surface area (Å²) in [5, 5.41) is 0. The van der Waals surface area contributed by atoms with Crippen LogP contribution in [0, 0.1) is 13.8 Å². The zero-order valence-corrected chi connectivity index (χ0v) is 13.1. The Hall–Kier alpha value is -1.84. The molecule has 0 aliphatic rings. The third-order valence-corrected chi connectivity index (χ3v) is 3.23. The Morgan fingerprint density at radius 1 is 1.00 bits per heavy atom. The highest BCUT2D eigenvalue weighted by Gasteiger charge is 2.08. The number of hydrogen-bond acceptors (Lipinski definition) is 4. The van der Waals surface area contributed by atoms with Crippen LogP contribution in [0.5, 0.6) is 5.75 Å². The average molecular weight is 292 g/mol. The number of rotatable bonds is 8. The molecule has 1 aromatic rings. The van der Waals surface area contributed by atoms with Gasteiger partial charge in [-0.1, -0.05) is 19.4 Å². The summed E-state index contributed by atoms with van der Waals surface area (Å²) in [6.45, 7) is 6.48. The van der Waals surface area contributed by atoms with Gasteiger partial charge < -0.3 is 9.47 Å². The zero-order valence-electron chi connectivity index (χ0n) is 13.1. The maximum absolute atomic E-state index is 11.7. The molecule has 1 rings (SSSR count). The van der Waals surface area contributed by atoms with Crippen molar-refractivity contribution in [3.05, 3.63) is 29.3 Å². The van der Waals surface area contributed by atoms with Crippen LogP contribution >= 0.6 is 0 Å². The molecule has 0 aromatic heterocycles. The average Bonchev–Trinajstić information content (AvgIpc) is 2.43. The van der Waals surface area contributed by atoms with Crippen LogP contribution in [-0.4, -0.2) is 18.5 Å². The fourth-order valence-electron chi connectivity index (χ4n) is 1.74. The Morgan fingerprint density at radius 2 is 1.71 bits per heavy atom. The minimum atomic E-state index is -0.320. The molecule has 0 saturated carbocycles. The number of hydrogen-bond donors (Lipinski definition) is 0. The quantitative estimate of drug-likeness (QED) is 0.416. The predicted molar refractivity (Wildman–Crippen MR) is 81.3 cm³/mol. The minimum absolute atomic E-state index is 0.218. The number of carbonyl (C=O) groups is 2. The Bertz CT molecular complexity index is 480. The highest BCUT2D eigenvalue weighted by atomic mass is 16.5. The maximum atomic E-state index is 11.7. The fraction of sp³-hybridized carbons (Fsp3) is 0.529. The minimum Gasteiger partial charge on any atom is -0.466 e. The number of benzene rings is 1. The Morgan fingerprint density at radius 3 is 2.38 bits per heavy atom. The number of ether oxygens (including phenoxy) is 2. The lowest BCUT2D eigenvalue weighted by atomic mass is 10.1. The molecule has 21 heavy (non-hydrogen) atoms. The Kier molecular flexibility index (Phi) is 7.51. The summed E-state index contributed by atoms with van der Waals surface area (Å²) in [7, 11) is 0. The molecule has 0 saturated heterocycles. The molecule has 0 atom stereocenters. The molecular weight excluding hydrogens is 268 g/mol. The van der Waals surface area contributed by atoms with Crippen molar-refractivity contribution in [2.24, 2.45) is 0 Å². The van der Waals surface area contributed by atoms with Crippen molar-refractivity contribution >= 4 is 11.9 Å². The van der Waals surface area contributed by atoms with Gasteiger partial charge in [0.1, 0.15) is 5.75 Å². The molecular formula is C17H24O4. The number of unbranched alkanes of at least 4 members (excludes halogenated alkanes) is 1. The van der Waals surface area contributed by atoms with Crippen LogP contribution in [0.4, 0.5) is 0 Å². The van der Waals surface area contributed by atoms with Gasteiger partial charge in [0.05, 0.1) is 6.61 Å². The van der Waals surface area contributed by atoms with Crippen molar-refractivity contribution in [1.29, 1.82) is 0 Å². The zero-order chi connectivity index (χ0) is 15.7. The second-order valence-electron chi connectivity index (χ2n) is 5.15. The third kappa shape index (κ3) is 6.93. The van der Waals surface area contributed by atoms with Gasteiger partial charge in [-0.15, -0.1) is 0 Å². The normalized spacial score (nSPS) is 10.2. The van der Waals surface area contributed by atoms with Gasteiger partial charge in [0.15, 0.2) is 0 Å². The van der Waals surface area contributed by atoms with Crippen molar-refractivity contribution in [3.8, 4) is 5.75 Å². The lowest BCUT2D eigenvalue weighted by Gasteiger charge is -2.07. The predicted octanol–water partition coefficient (Wildman–Crippen LogP) is 3.72. The largest absolute Gasteiger partial charge is 0.466 e. The van der Waals surface area contributed by atoms with Crippen molar-refractivity contribution in [3.63, 3.8) is 0 Å². The van der Waals surface area contributed by atoms with E-state index in [0.717, 1.165) is 24.0 Å². The number of aryl methyl sites for hydroxylation is 2. The van der Waals surface area contributed by atoms with Gasteiger partial charge in [0.2, 0.25) is 0 Å². The lowest BCUT2D eigenvalue weighted by molar-refractivity contribution is -0.144. The SMILES string of the molecule is CCCCOC(=O)CCCC(=O)Oc1ccc(C)c(C)c1. The summed E-state index contributed by atoms with van der Waals surface area (Å²) >= 11 is 0. The van der Waals surface area contributed by atoms with E-state index in [1.54, 1.807) is 6.07 Å². The van der Waals surface area contributed by atoms with Gasteiger partial charge in [0, 0.05) is 12.8 Å². The smallest absolute Gasteiger partial charge is 0.311 e. The molecule has 0 amide bonds. The van der Waals surface area contributed by atoms with Crippen LogP contribution in [0.2, 0.25) is 0 Å². The van der Waals surface area contributed by atoms with Crippen LogP contribution in [-0.2, 0) is 14.3 Å². The van der Waals surface area contributed by atoms with E-state index in [4.69, 9.17) is 9.47 Å². The van der Waals surface area contributed by atoms with Gasteiger partial charge >= 0.3 is 11.9 Å². The maximum Gasteiger partial charge on any atom is 0.311 e. The van der Waals surface area contributed by atoms with Crippen molar-refractivity contribution in [1.82, 2.24) is 0 Å². The van der Waals surface area contributed by atoms with Gasteiger partial charge in [0.25, 0.3) is 0 Å². The first-order valence-electron chi connectivity index (χ1n) is 7.46. The van der Waals surface area contributed by atoms with E-state index in [-0.39, 0.29) is 24.8 Å². The van der Waals surface area contributed by atoms with E-state index in [9.17, 15) is 9.59 Å². The Balaban J connectivity index is 2.24. The molecule has 0 radical (unpaired) electrons. The Labute approximate surface area is 126 Å². The summed E-state index contributed by atoms with van der Waals surface area (Å²) in [6, 6.07) is 5.54. The van der Waals surface area contributed by atoms with Crippen LogP contribution in [0.3, 0.4) is 0 Å². The van der Waals surface area contributed by atoms with Gasteiger partial charge in [-0.25, -0.2) is 0 Å². The molecule has 1 aromatic carbocycles. The van der Waals surface area contributed by atoms with E-state index in [1.165, 1.54) is 0 Å². The van der Waals surface area contributed by atoms with Crippen LogP contribution in [0.15, 0.2) is 18.2 Å². The first-order chi connectivity index (χ1) is 10.0. The molecule has 4 heteroatoms. The monoisotopic (exact) mass is 292 g/mol. The third-order valence-electron chi connectivity index (χ3n) is 3.23. The number of carbonyl (C=O) groups excluding carboxylic acids is 2. The van der Waals surface area contributed by atoms with Crippen molar-refractivity contribution in [2.45, 2.75) is 52.9 Å². The number of esters is 2. The molecule has 0 N–H and O–H groups in total. The van der Waals surface area contributed by atoms with Crippen molar-refractivity contribution in [2.75, 3.05) is 6.61 Å². The van der Waals surface area contributed by atoms with Crippen LogP contribution in [0.25, 0.3) is 0 Å². The highest BCUT2D eigenvalue weighted by molar-refractivity contribution is 5.74. The summed E-state index contributed by atoms with van der Waals surface area (Å²) in [5.74, 6) is -0.0179. The molecule has 0 heterocycles. The molecule has 0 fully saturated rings. The molecule has 0 unspecified atom stereocenters. The topological polar surface area (TPSA) is 52.6 Å². The first-order valence-corrected chi connectivity index (χ1v) is 7.46. The standard InChI is InChI=1S/C17H24O4/c1-4-5-11-20-16(18)7-6-8-17(19)21-15-10-9-13(2)14(3)12-15/h9-10,12H,4-8,11H2,1-3H3. The van der Waals surface area contributed by atoms with Gasteiger partial charge in [-0.2, -0.15) is 0 Å². The molecule has 116 valence electrons. The van der Waals surface area contributed by atoms with E-state index in [1.807, 2.05) is 32.9 Å². The van der Waals surface area contributed by atoms with Crippen LogP contribution in [0.1, 0.15) is 50.2 Å². The van der Waals surface area contributed by atoms with E-state index >= 15 is 0 Å². The summed E-state index contributed by atoms with van der Waals surface area (Å²) < 4.78 is 10.3. The van der Waals surface area contributed by atoms with Crippen LogP contribution < -0.4 is 4.74 Å². The summed E-state index contributed by atoms with van der Waals surface area (Å²) in [5.41, 5.74) is 2.24. The molecule has 0 spiro atoms. The summed E-state index contributed by atoms with van der Waals surface area (Å²) in [4.78, 5) is 23.0. The molecule has 0 aliphatic heterocycles. The highest BCUT2D eigenvalue weighted by Crippen LogP contribution is 2.17. The molecule has 0 aliphatic carbocycles. The van der Waals surface area contributed by atoms with Gasteiger partial charge in [-0.3, -0.25) is 9.59 Å². The molecule has 4 nitrogen and oxygen atoms in total. The fourth-order valence-corrected chi connectivity index (χ4v) is 1.74.